The van der Waals surface area contributed by atoms with Crippen LogP contribution in [0, 0.1) is 0 Å². The first-order valence-electron chi connectivity index (χ1n) is 45.7. The molecule has 27 aromatic rings. The Kier molecular flexibility index (Phi) is 19.0. The second kappa shape index (κ2) is 32.6. The zero-order valence-electron chi connectivity index (χ0n) is 72.7. The molecule has 0 fully saturated rings. The largest absolute Gasteiger partial charge is 0.455 e. The summed E-state index contributed by atoms with van der Waals surface area (Å²) in [5, 5.41) is 22.2. The highest BCUT2D eigenvalue weighted by Crippen LogP contribution is 2.50. The van der Waals surface area contributed by atoms with Crippen LogP contribution in [-0.4, -0.2) is 0 Å². The predicted octanol–water partition coefficient (Wildman–Crippen LogP) is 37.9. The van der Waals surface area contributed by atoms with E-state index in [9.17, 15) is 0 Å². The van der Waals surface area contributed by atoms with Crippen molar-refractivity contribution in [3.05, 3.63) is 485 Å². The number of furan rings is 2. The van der Waals surface area contributed by atoms with Crippen molar-refractivity contribution in [2.24, 2.45) is 0 Å². The molecule has 4 heterocycles. The third-order valence-electron chi connectivity index (χ3n) is 27.1. The number of hydrogen-bond donors (Lipinski definition) is 0. The van der Waals surface area contributed by atoms with Crippen molar-refractivity contribution in [3.8, 4) is 89.0 Å². The van der Waals surface area contributed by atoms with Gasteiger partial charge in [0.1, 0.15) is 22.3 Å². The van der Waals surface area contributed by atoms with Gasteiger partial charge in [-0.3, -0.25) is 0 Å². The summed E-state index contributed by atoms with van der Waals surface area (Å²) in [6.07, 6.45) is 0. The first-order chi connectivity index (χ1) is 66.4. The lowest BCUT2D eigenvalue weighted by atomic mass is 9.96. The summed E-state index contributed by atoms with van der Waals surface area (Å²) < 4.78 is 18.8. The second-order valence-electron chi connectivity index (χ2n) is 34.9. The summed E-state index contributed by atoms with van der Waals surface area (Å²) in [6, 6.07) is 176. The molecule has 626 valence electrons. The molecule has 0 unspecified atom stereocenters. The zero-order chi connectivity index (χ0) is 88.3. The molecule has 0 aliphatic carbocycles. The summed E-state index contributed by atoms with van der Waals surface area (Å²) >= 11 is 3.76. The lowest BCUT2D eigenvalue weighted by molar-refractivity contribution is 0.670. The van der Waals surface area contributed by atoms with Gasteiger partial charge < -0.3 is 18.6 Å². The molecule has 0 amide bonds. The van der Waals surface area contributed by atoms with Crippen LogP contribution in [0.3, 0.4) is 0 Å². The maximum Gasteiger partial charge on any atom is 0.143 e. The molecule has 0 bridgehead atoms. The monoisotopic (exact) mass is 1740 g/mol. The van der Waals surface area contributed by atoms with Crippen LogP contribution < -0.4 is 9.80 Å². The van der Waals surface area contributed by atoms with Crippen molar-refractivity contribution in [1.82, 2.24) is 0 Å². The molecule has 0 saturated heterocycles. The summed E-state index contributed by atoms with van der Waals surface area (Å²) in [7, 11) is 0. The smallest absolute Gasteiger partial charge is 0.143 e. The molecule has 0 aliphatic rings. The molecule has 4 nitrogen and oxygen atoms in total. The minimum Gasteiger partial charge on any atom is -0.455 e. The van der Waals surface area contributed by atoms with Crippen molar-refractivity contribution in [2.45, 2.75) is 0 Å². The summed E-state index contributed by atoms with van der Waals surface area (Å²) in [6.45, 7) is 0. The summed E-state index contributed by atoms with van der Waals surface area (Å²) in [4.78, 5) is 4.70. The van der Waals surface area contributed by atoms with Crippen LogP contribution in [0.1, 0.15) is 0 Å². The van der Waals surface area contributed by atoms with Crippen LogP contribution in [0.5, 0.6) is 0 Å². The van der Waals surface area contributed by atoms with Crippen LogP contribution in [-0.2, 0) is 0 Å². The Morgan fingerprint density at radius 2 is 0.470 bits per heavy atom. The molecular weight excluding hydrogens is 1660 g/mol. The highest BCUT2D eigenvalue weighted by molar-refractivity contribution is 7.26. The third-order valence-corrected chi connectivity index (χ3v) is 29.4. The van der Waals surface area contributed by atoms with Gasteiger partial charge in [0.05, 0.1) is 0 Å². The van der Waals surface area contributed by atoms with Crippen LogP contribution in [0.2, 0.25) is 0 Å². The normalized spacial score (nSPS) is 11.7. The van der Waals surface area contributed by atoms with E-state index in [0.717, 1.165) is 111 Å². The number of fused-ring (bicyclic) bond motifs is 20. The van der Waals surface area contributed by atoms with E-state index in [4.69, 9.17) is 8.83 Å². The van der Waals surface area contributed by atoms with Gasteiger partial charge in [-0.2, -0.15) is 0 Å². The van der Waals surface area contributed by atoms with Crippen LogP contribution in [0.25, 0.3) is 227 Å². The number of anilines is 6. The summed E-state index contributed by atoms with van der Waals surface area (Å²) in [5.74, 6) is 0. The van der Waals surface area contributed by atoms with Crippen molar-refractivity contribution < 1.29 is 8.83 Å². The van der Waals surface area contributed by atoms with Crippen molar-refractivity contribution in [1.29, 1.82) is 0 Å². The molecule has 134 heavy (non-hydrogen) atoms. The average molecular weight is 1740 g/mol. The Balaban J connectivity index is 0.000000141. The van der Waals surface area contributed by atoms with E-state index >= 15 is 0 Å². The zero-order valence-corrected chi connectivity index (χ0v) is 74.3. The van der Waals surface area contributed by atoms with Gasteiger partial charge in [0, 0.05) is 113 Å². The van der Waals surface area contributed by atoms with Crippen molar-refractivity contribution in [2.75, 3.05) is 9.80 Å². The lowest BCUT2D eigenvalue weighted by Gasteiger charge is -2.26. The molecule has 0 saturated carbocycles. The van der Waals surface area contributed by atoms with Gasteiger partial charge in [-0.05, 0) is 260 Å². The van der Waals surface area contributed by atoms with Gasteiger partial charge >= 0.3 is 0 Å². The average Bonchev–Trinajstić information content (AvgIpc) is 1.56. The lowest BCUT2D eigenvalue weighted by Crippen LogP contribution is -2.09. The van der Waals surface area contributed by atoms with Gasteiger partial charge in [-0.25, -0.2) is 0 Å². The maximum absolute atomic E-state index is 6.92. The molecule has 0 aliphatic heterocycles. The van der Waals surface area contributed by atoms with Gasteiger partial charge in [0.25, 0.3) is 0 Å². The van der Waals surface area contributed by atoms with E-state index < -0.39 is 0 Å². The number of rotatable bonds is 14. The van der Waals surface area contributed by atoms with Gasteiger partial charge in [0.2, 0.25) is 0 Å². The van der Waals surface area contributed by atoms with E-state index in [-0.39, 0.29) is 0 Å². The molecule has 27 rings (SSSR count). The SMILES string of the molecule is c1ccc(-c2ccc(N(c3ccc(-c4ccc5sc6cc7ccccc7cc6c5c4)cc3)c3ccc(-c4cccc5c4oc4c6ccccc6c6ccccc6c54)cc3)cc2)cc1.c1ccc(-c2ccc(N(c3ccc(-c4cccc(-c5cccc6c5oc5cc7ccccc7cc56)c4)cc3)c3ccc(-c4cccc(-c5cccc6c5sc5cc7ccccc7cc56)c4)cc3)cc2)cc1. The number of thiophene rings is 2. The molecular formula is C128H80N2O2S2. The third kappa shape index (κ3) is 13.8. The van der Waals surface area contributed by atoms with Gasteiger partial charge in [-0.1, -0.05) is 352 Å². The minimum atomic E-state index is 0.909. The van der Waals surface area contributed by atoms with Gasteiger partial charge in [-0.15, -0.1) is 22.7 Å². The predicted molar refractivity (Wildman–Crippen MR) is 574 cm³/mol. The number of para-hydroxylation sites is 2. The fourth-order valence-electron chi connectivity index (χ4n) is 20.4. The van der Waals surface area contributed by atoms with E-state index in [1.165, 1.54) is 150 Å². The number of benzene rings is 23. The van der Waals surface area contributed by atoms with Crippen LogP contribution in [0.4, 0.5) is 34.1 Å². The first-order valence-corrected chi connectivity index (χ1v) is 47.3. The minimum absolute atomic E-state index is 0.909. The number of hydrogen-bond acceptors (Lipinski definition) is 6. The van der Waals surface area contributed by atoms with Crippen LogP contribution in [0.15, 0.2) is 494 Å². The molecule has 0 radical (unpaired) electrons. The van der Waals surface area contributed by atoms with Crippen LogP contribution >= 0.6 is 22.7 Å². The molecule has 4 aromatic heterocycles. The van der Waals surface area contributed by atoms with Crippen molar-refractivity contribution >= 4 is 195 Å². The second-order valence-corrected chi connectivity index (χ2v) is 37.0. The quantitative estimate of drug-likeness (QED) is 0.102. The topological polar surface area (TPSA) is 32.8 Å². The highest BCUT2D eigenvalue weighted by Gasteiger charge is 2.24. The maximum atomic E-state index is 6.92. The molecule has 0 N–H and O–H groups in total. The Morgan fingerprint density at radius 1 is 0.157 bits per heavy atom. The van der Waals surface area contributed by atoms with E-state index in [2.05, 4.69) is 495 Å². The Morgan fingerprint density at radius 3 is 0.985 bits per heavy atom. The van der Waals surface area contributed by atoms with E-state index in [0.29, 0.717) is 0 Å². The van der Waals surface area contributed by atoms with Gasteiger partial charge in [0.15, 0.2) is 0 Å². The summed E-state index contributed by atoms with van der Waals surface area (Å²) in [5.41, 5.74) is 28.9. The standard InChI is InChI=1S/C68H43NOS.C60H37NOS/c1-2-12-44(13-3-1)45-26-32-56(33-27-45)69(57-34-28-46(29-35-57)48-18-8-20-54(38-48)59-22-10-24-61-63-40-50-14-4-6-16-52(50)42-65(63)70-67(59)61)58-36-30-47(31-37-58)49-19-9-21-55(39-49)60-23-11-25-62-64-41-51-15-5-7-17-53(51)43-66(64)71-68(60)62;1-2-11-38(12-3-1)39-21-28-45(29-22-39)61(46-30-23-40(24-31-46)44-27-34-56-54(36-44)55-35-42-13-4-5-14-43(42)37-57(55)63-56)47-32-25-41(26-33-47)48-19-10-20-53-58-51-17-8-6-15-49(51)50-16-7-9-18-52(50)60(58)62-59(48)53/h1-43H;1-37H. The molecule has 0 atom stereocenters. The first kappa shape index (κ1) is 78.1. The van der Waals surface area contributed by atoms with Crippen molar-refractivity contribution in [3.63, 3.8) is 0 Å². The molecule has 23 aromatic carbocycles. The number of nitrogens with zero attached hydrogens (tertiary/aromatic N) is 2. The fraction of sp³-hybridized carbons (Fsp3) is 0. The highest BCUT2D eigenvalue weighted by atomic mass is 32.1. The Labute approximate surface area is 781 Å². The molecule has 6 heteroatoms. The fourth-order valence-corrected chi connectivity index (χ4v) is 22.8. The van der Waals surface area contributed by atoms with E-state index in [1.54, 1.807) is 0 Å². The molecule has 0 spiro atoms. The van der Waals surface area contributed by atoms with E-state index in [1.807, 2.05) is 22.7 Å². The Bertz CT molecular complexity index is 9040. The Hall–Kier alpha value is -17.0.